The fourth-order valence-electron chi connectivity index (χ4n) is 3.88. The van der Waals surface area contributed by atoms with E-state index in [1.807, 2.05) is 44.2 Å². The van der Waals surface area contributed by atoms with Gasteiger partial charge < -0.3 is 4.74 Å². The third-order valence-corrected chi connectivity index (χ3v) is 5.05. The predicted molar refractivity (Wildman–Crippen MR) is 122 cm³/mol. The predicted octanol–water partition coefficient (Wildman–Crippen LogP) is 6.30. The summed E-state index contributed by atoms with van der Waals surface area (Å²) in [6, 6.07) is 9.95. The highest BCUT2D eigenvalue weighted by Gasteiger charge is 2.32. The molecule has 0 aliphatic carbocycles. The molecular weight excluding hydrogens is 436 g/mol. The average molecular weight is 466 g/mol. The molecule has 0 bridgehead atoms. The first-order chi connectivity index (χ1) is 13.4. The van der Waals surface area contributed by atoms with Gasteiger partial charge >= 0.3 is 0 Å². The van der Waals surface area contributed by atoms with Crippen molar-refractivity contribution in [1.29, 1.82) is 0 Å². The van der Waals surface area contributed by atoms with Crippen molar-refractivity contribution in [3.8, 4) is 0 Å². The first-order valence-corrected chi connectivity index (χ1v) is 9.41. The number of aryl methyl sites for hydroxylation is 2. The zero-order valence-electron chi connectivity index (χ0n) is 17.3. The number of methoxy groups -OCH3 is 1. The molecule has 0 heterocycles. The van der Waals surface area contributed by atoms with Crippen LogP contribution < -0.4 is 0 Å². The van der Waals surface area contributed by atoms with Crippen LogP contribution in [0.3, 0.4) is 0 Å². The van der Waals surface area contributed by atoms with Crippen LogP contribution >= 0.6 is 17.0 Å². The standard InChI is InChI=1S/C24H29F2NO.BrH/c1-6-14-27(15-7-2)16-19(22-17(3)10-8-11-18(22)4)24(28-5)23-20(25)12-9-13-21(23)26;/h6-13,19,24H,1-2,14-16H2,3-5H3;1H. The van der Waals surface area contributed by atoms with Crippen LogP contribution in [0.25, 0.3) is 0 Å². The van der Waals surface area contributed by atoms with Crippen LogP contribution in [-0.4, -0.2) is 31.6 Å². The minimum Gasteiger partial charge on any atom is -0.376 e. The second-order valence-corrected chi connectivity index (χ2v) is 7.00. The van der Waals surface area contributed by atoms with E-state index in [1.165, 1.54) is 25.3 Å². The minimum atomic E-state index is -0.766. The molecule has 2 rings (SSSR count). The van der Waals surface area contributed by atoms with E-state index < -0.39 is 17.7 Å². The monoisotopic (exact) mass is 465 g/mol. The largest absolute Gasteiger partial charge is 0.376 e. The molecule has 2 aromatic rings. The highest BCUT2D eigenvalue weighted by atomic mass is 79.9. The smallest absolute Gasteiger partial charge is 0.131 e. The van der Waals surface area contributed by atoms with Gasteiger partial charge in [-0.2, -0.15) is 0 Å². The first kappa shape index (κ1) is 25.2. The number of ether oxygens (including phenoxy) is 1. The maximum atomic E-state index is 14.6. The van der Waals surface area contributed by atoms with Gasteiger partial charge in [0.15, 0.2) is 0 Å². The van der Waals surface area contributed by atoms with Crippen LogP contribution in [0, 0.1) is 25.5 Å². The van der Waals surface area contributed by atoms with Crippen LogP contribution in [0.1, 0.15) is 34.3 Å². The van der Waals surface area contributed by atoms with E-state index in [9.17, 15) is 8.78 Å². The van der Waals surface area contributed by atoms with Crippen LogP contribution in [0.2, 0.25) is 0 Å². The van der Waals surface area contributed by atoms with Crippen molar-refractivity contribution in [2.75, 3.05) is 26.7 Å². The van der Waals surface area contributed by atoms with Gasteiger partial charge in [0.1, 0.15) is 11.6 Å². The van der Waals surface area contributed by atoms with Crippen molar-refractivity contribution < 1.29 is 13.5 Å². The van der Waals surface area contributed by atoms with E-state index in [0.29, 0.717) is 19.6 Å². The molecule has 0 radical (unpaired) electrons. The number of rotatable bonds is 10. The Bertz CT molecular complexity index is 774. The lowest BCUT2D eigenvalue weighted by Gasteiger charge is -2.33. The van der Waals surface area contributed by atoms with Crippen LogP contribution in [0.5, 0.6) is 0 Å². The molecule has 0 aromatic heterocycles. The molecule has 0 amide bonds. The van der Waals surface area contributed by atoms with Crippen molar-refractivity contribution in [3.05, 3.63) is 95.6 Å². The Hall–Kier alpha value is -1.82. The molecule has 0 N–H and O–H groups in total. The maximum absolute atomic E-state index is 14.6. The summed E-state index contributed by atoms with van der Waals surface area (Å²) in [6.07, 6.45) is 2.87. The van der Waals surface area contributed by atoms with E-state index in [4.69, 9.17) is 4.74 Å². The molecule has 2 unspecified atom stereocenters. The molecule has 2 atom stereocenters. The first-order valence-electron chi connectivity index (χ1n) is 9.41. The fraction of sp³-hybridized carbons (Fsp3) is 0.333. The Morgan fingerprint density at radius 2 is 1.41 bits per heavy atom. The normalized spacial score (nSPS) is 12.9. The Morgan fingerprint density at radius 1 is 0.931 bits per heavy atom. The topological polar surface area (TPSA) is 12.5 Å². The summed E-state index contributed by atoms with van der Waals surface area (Å²) in [5.74, 6) is -1.46. The summed E-state index contributed by atoms with van der Waals surface area (Å²) in [7, 11) is 1.50. The van der Waals surface area contributed by atoms with Gasteiger partial charge in [0.2, 0.25) is 0 Å². The van der Waals surface area contributed by atoms with Crippen molar-refractivity contribution in [3.63, 3.8) is 0 Å². The summed E-state index contributed by atoms with van der Waals surface area (Å²) in [5, 5.41) is 0. The molecule has 0 saturated carbocycles. The van der Waals surface area contributed by atoms with Gasteiger partial charge in [0.05, 0.1) is 11.7 Å². The highest BCUT2D eigenvalue weighted by Crippen LogP contribution is 2.39. The molecule has 0 aliphatic rings. The number of hydrogen-bond acceptors (Lipinski definition) is 2. The number of benzene rings is 2. The summed E-state index contributed by atoms with van der Waals surface area (Å²) >= 11 is 0. The highest BCUT2D eigenvalue weighted by molar-refractivity contribution is 8.93. The molecule has 29 heavy (non-hydrogen) atoms. The Labute approximate surface area is 183 Å². The number of hydrogen-bond donors (Lipinski definition) is 0. The third-order valence-electron chi connectivity index (χ3n) is 5.05. The summed E-state index contributed by atoms with van der Waals surface area (Å²) in [6.45, 7) is 13.5. The number of halogens is 3. The molecule has 0 fully saturated rings. The van der Waals surface area contributed by atoms with E-state index in [0.717, 1.165) is 16.7 Å². The molecule has 0 aliphatic heterocycles. The molecule has 0 saturated heterocycles. The van der Waals surface area contributed by atoms with Crippen molar-refractivity contribution in [2.45, 2.75) is 25.9 Å². The summed E-state index contributed by atoms with van der Waals surface area (Å²) in [4.78, 5) is 2.14. The zero-order chi connectivity index (χ0) is 20.7. The van der Waals surface area contributed by atoms with Gasteiger partial charge in [-0.15, -0.1) is 30.1 Å². The molecular formula is C24H30BrF2NO. The zero-order valence-corrected chi connectivity index (χ0v) is 19.0. The molecule has 5 heteroatoms. The molecule has 2 nitrogen and oxygen atoms in total. The Kier molecular flexibility index (Phi) is 10.4. The van der Waals surface area contributed by atoms with E-state index in [-0.39, 0.29) is 28.5 Å². The Balaban J connectivity index is 0.00000420. The van der Waals surface area contributed by atoms with Crippen LogP contribution in [0.15, 0.2) is 61.7 Å². The molecule has 158 valence electrons. The lowest BCUT2D eigenvalue weighted by molar-refractivity contribution is 0.0604. The van der Waals surface area contributed by atoms with Gasteiger partial charge in [0, 0.05) is 32.7 Å². The van der Waals surface area contributed by atoms with E-state index in [2.05, 4.69) is 18.1 Å². The third kappa shape index (κ3) is 6.08. The fourth-order valence-corrected chi connectivity index (χ4v) is 3.88. The van der Waals surface area contributed by atoms with Gasteiger partial charge in [-0.3, -0.25) is 4.90 Å². The van der Waals surface area contributed by atoms with E-state index >= 15 is 0 Å². The molecule has 2 aromatic carbocycles. The summed E-state index contributed by atoms with van der Waals surface area (Å²) in [5.41, 5.74) is 3.16. The van der Waals surface area contributed by atoms with Gasteiger partial charge in [0.25, 0.3) is 0 Å². The summed E-state index contributed by atoms with van der Waals surface area (Å²) < 4.78 is 35.0. The second kappa shape index (κ2) is 12.0. The van der Waals surface area contributed by atoms with E-state index in [1.54, 1.807) is 0 Å². The second-order valence-electron chi connectivity index (χ2n) is 7.00. The lowest BCUT2D eigenvalue weighted by atomic mass is 9.83. The minimum absolute atomic E-state index is 0. The van der Waals surface area contributed by atoms with Crippen LogP contribution in [-0.2, 0) is 4.74 Å². The van der Waals surface area contributed by atoms with Crippen LogP contribution in [0.4, 0.5) is 8.78 Å². The Morgan fingerprint density at radius 3 is 1.86 bits per heavy atom. The average Bonchev–Trinajstić information content (AvgIpc) is 2.64. The SMILES string of the molecule is Br.C=CCN(CC=C)CC(c1c(C)cccc1C)C(OC)c1c(F)cccc1F. The lowest BCUT2D eigenvalue weighted by Crippen LogP contribution is -2.33. The van der Waals surface area contributed by atoms with Crippen molar-refractivity contribution >= 4 is 17.0 Å². The molecule has 0 spiro atoms. The number of nitrogens with zero attached hydrogens (tertiary/aromatic N) is 1. The van der Waals surface area contributed by atoms with Gasteiger partial charge in [-0.25, -0.2) is 8.78 Å². The van der Waals surface area contributed by atoms with Crippen molar-refractivity contribution in [2.24, 2.45) is 0 Å². The van der Waals surface area contributed by atoms with Crippen molar-refractivity contribution in [1.82, 2.24) is 4.90 Å². The van der Waals surface area contributed by atoms with Gasteiger partial charge in [-0.1, -0.05) is 36.4 Å². The quantitative estimate of drug-likeness (QED) is 0.381. The van der Waals surface area contributed by atoms with Gasteiger partial charge in [-0.05, 0) is 42.7 Å². The maximum Gasteiger partial charge on any atom is 0.131 e.